The van der Waals surface area contributed by atoms with E-state index < -0.39 is 5.91 Å². The van der Waals surface area contributed by atoms with Gasteiger partial charge in [-0.2, -0.15) is 0 Å². The first-order chi connectivity index (χ1) is 18.3. The van der Waals surface area contributed by atoms with Crippen LogP contribution < -0.4 is 32.0 Å². The number of benzene rings is 2. The number of ether oxygens (including phenoxy) is 1. The average Bonchev–Trinajstić information content (AvgIpc) is 2.91. The summed E-state index contributed by atoms with van der Waals surface area (Å²) in [5.74, 6) is -0.0228. The summed E-state index contributed by atoms with van der Waals surface area (Å²) in [6.07, 6.45) is 1.62. The highest BCUT2D eigenvalue weighted by Gasteiger charge is 2.17. The van der Waals surface area contributed by atoms with Crippen molar-refractivity contribution in [2.45, 2.75) is 6.42 Å². The van der Waals surface area contributed by atoms with Gasteiger partial charge in [-0.05, 0) is 29.8 Å². The summed E-state index contributed by atoms with van der Waals surface area (Å²) >= 11 is 0. The normalized spacial score (nSPS) is 10.5. The standard InChI is InChI=1S/C27H27N7O4/c1-29-26(36)24-21(15-22(28)32-33-24)31-20-8-4-7-19(25(20)38-3)16-9-11-18(12-10-16)30-23(35)14-17-6-5-13-34(2)27(17)37/h4-13,15H,14H2,1-3H3,(H,29,36)(H,30,35)(H3,28,31,32). The second-order valence-corrected chi connectivity index (χ2v) is 8.37. The molecule has 194 valence electrons. The second kappa shape index (κ2) is 11.2. The van der Waals surface area contributed by atoms with Gasteiger partial charge in [0.25, 0.3) is 11.5 Å². The van der Waals surface area contributed by atoms with Crippen LogP contribution in [0.1, 0.15) is 16.1 Å². The quantitative estimate of drug-likeness (QED) is 0.281. The van der Waals surface area contributed by atoms with Crippen molar-refractivity contribution in [2.75, 3.05) is 30.5 Å². The molecular weight excluding hydrogens is 486 g/mol. The Hall–Kier alpha value is -5.19. The average molecular weight is 514 g/mol. The van der Waals surface area contributed by atoms with Crippen molar-refractivity contribution >= 4 is 34.7 Å². The molecule has 11 nitrogen and oxygen atoms in total. The Balaban J connectivity index is 1.56. The lowest BCUT2D eigenvalue weighted by atomic mass is 10.0. The number of nitrogen functional groups attached to an aromatic ring is 1. The number of rotatable bonds is 8. The molecule has 0 bridgehead atoms. The minimum absolute atomic E-state index is 0.0246. The molecule has 0 unspecified atom stereocenters. The third kappa shape index (κ3) is 5.62. The van der Waals surface area contributed by atoms with Crippen LogP contribution in [-0.4, -0.2) is 40.7 Å². The zero-order valence-corrected chi connectivity index (χ0v) is 21.1. The zero-order valence-electron chi connectivity index (χ0n) is 21.1. The van der Waals surface area contributed by atoms with Gasteiger partial charge in [0, 0.05) is 43.2 Å². The monoisotopic (exact) mass is 513 g/mol. The number of para-hydroxylation sites is 1. The number of methoxy groups -OCH3 is 1. The molecule has 2 aromatic carbocycles. The fourth-order valence-corrected chi connectivity index (χ4v) is 3.92. The van der Waals surface area contributed by atoms with Gasteiger partial charge in [-0.3, -0.25) is 14.4 Å². The Bertz CT molecular complexity index is 1550. The number of carbonyl (C=O) groups excluding carboxylic acids is 2. The fourth-order valence-electron chi connectivity index (χ4n) is 3.92. The molecule has 0 atom stereocenters. The van der Waals surface area contributed by atoms with Crippen LogP contribution in [0, 0.1) is 0 Å². The lowest BCUT2D eigenvalue weighted by Crippen LogP contribution is -2.24. The lowest BCUT2D eigenvalue weighted by Gasteiger charge is -2.17. The van der Waals surface area contributed by atoms with Gasteiger partial charge in [0.1, 0.15) is 11.6 Å². The summed E-state index contributed by atoms with van der Waals surface area (Å²) in [5.41, 5.74) is 9.26. The van der Waals surface area contributed by atoms with E-state index in [2.05, 4.69) is 26.1 Å². The molecule has 0 aliphatic carbocycles. The van der Waals surface area contributed by atoms with Gasteiger partial charge in [0.2, 0.25) is 5.91 Å². The van der Waals surface area contributed by atoms with Crippen molar-refractivity contribution in [1.29, 1.82) is 0 Å². The molecule has 0 saturated heterocycles. The number of nitrogens with zero attached hydrogens (tertiary/aromatic N) is 3. The highest BCUT2D eigenvalue weighted by molar-refractivity contribution is 5.99. The van der Waals surface area contributed by atoms with Crippen molar-refractivity contribution in [3.8, 4) is 16.9 Å². The number of hydrogen-bond acceptors (Lipinski definition) is 8. The molecule has 11 heteroatoms. The van der Waals surface area contributed by atoms with Crippen molar-refractivity contribution in [1.82, 2.24) is 20.1 Å². The summed E-state index contributed by atoms with van der Waals surface area (Å²) in [6.45, 7) is 0. The van der Waals surface area contributed by atoms with Crippen molar-refractivity contribution in [3.05, 3.63) is 88.5 Å². The van der Waals surface area contributed by atoms with Crippen LogP contribution in [-0.2, 0) is 18.3 Å². The van der Waals surface area contributed by atoms with Crippen LogP contribution in [0.15, 0.2) is 71.7 Å². The number of pyridine rings is 1. The number of aromatic nitrogens is 3. The maximum atomic E-state index is 12.5. The van der Waals surface area contributed by atoms with Gasteiger partial charge < -0.3 is 31.0 Å². The van der Waals surface area contributed by atoms with E-state index in [4.69, 9.17) is 10.5 Å². The van der Waals surface area contributed by atoms with E-state index in [0.29, 0.717) is 28.4 Å². The van der Waals surface area contributed by atoms with E-state index in [1.165, 1.54) is 17.7 Å². The van der Waals surface area contributed by atoms with Crippen molar-refractivity contribution in [2.24, 2.45) is 7.05 Å². The lowest BCUT2D eigenvalue weighted by molar-refractivity contribution is -0.115. The first kappa shape index (κ1) is 25.9. The highest BCUT2D eigenvalue weighted by Crippen LogP contribution is 2.38. The maximum Gasteiger partial charge on any atom is 0.273 e. The predicted octanol–water partition coefficient (Wildman–Crippen LogP) is 2.72. The van der Waals surface area contributed by atoms with E-state index in [9.17, 15) is 14.4 Å². The highest BCUT2D eigenvalue weighted by atomic mass is 16.5. The Morgan fingerprint density at radius 3 is 2.50 bits per heavy atom. The number of aryl methyl sites for hydroxylation is 1. The summed E-state index contributed by atoms with van der Waals surface area (Å²) in [4.78, 5) is 36.9. The number of hydrogen-bond donors (Lipinski definition) is 4. The van der Waals surface area contributed by atoms with Crippen LogP contribution in [0.2, 0.25) is 0 Å². The minimum atomic E-state index is -0.416. The third-order valence-electron chi connectivity index (χ3n) is 5.78. The summed E-state index contributed by atoms with van der Waals surface area (Å²) < 4.78 is 7.15. The van der Waals surface area contributed by atoms with E-state index in [1.54, 1.807) is 50.7 Å². The van der Waals surface area contributed by atoms with Crippen molar-refractivity contribution in [3.63, 3.8) is 0 Å². The molecule has 0 spiro atoms. The second-order valence-electron chi connectivity index (χ2n) is 8.37. The fraction of sp³-hybridized carbons (Fsp3) is 0.148. The Labute approximate surface area is 218 Å². The Kier molecular flexibility index (Phi) is 7.66. The van der Waals surface area contributed by atoms with E-state index in [-0.39, 0.29) is 29.4 Å². The number of nitrogens with two attached hydrogens (primary N) is 1. The Morgan fingerprint density at radius 2 is 1.79 bits per heavy atom. The number of anilines is 4. The molecular formula is C27H27N7O4. The first-order valence-electron chi connectivity index (χ1n) is 11.6. The number of carbonyl (C=O) groups is 2. The van der Waals surface area contributed by atoms with Crippen LogP contribution >= 0.6 is 0 Å². The number of amides is 2. The largest absolute Gasteiger partial charge is 0.494 e. The van der Waals surface area contributed by atoms with Gasteiger partial charge in [-0.1, -0.05) is 30.3 Å². The zero-order chi connectivity index (χ0) is 27.2. The maximum absolute atomic E-state index is 12.5. The van der Waals surface area contributed by atoms with Gasteiger partial charge in [-0.15, -0.1) is 10.2 Å². The molecule has 0 aliphatic rings. The van der Waals surface area contributed by atoms with Crippen LogP contribution in [0.3, 0.4) is 0 Å². The summed E-state index contributed by atoms with van der Waals surface area (Å²) in [5, 5.41) is 16.2. The molecule has 2 heterocycles. The van der Waals surface area contributed by atoms with Gasteiger partial charge in [-0.25, -0.2) is 0 Å². The molecule has 4 aromatic rings. The molecule has 38 heavy (non-hydrogen) atoms. The van der Waals surface area contributed by atoms with Crippen LogP contribution in [0.4, 0.5) is 22.9 Å². The smallest absolute Gasteiger partial charge is 0.273 e. The molecule has 0 fully saturated rings. The van der Waals surface area contributed by atoms with Gasteiger partial charge in [0.05, 0.1) is 24.9 Å². The third-order valence-corrected chi connectivity index (χ3v) is 5.78. The molecule has 4 rings (SSSR count). The van der Waals surface area contributed by atoms with Gasteiger partial charge >= 0.3 is 0 Å². The SMILES string of the molecule is CNC(=O)c1nnc(N)cc1Nc1cccc(-c2ccc(NC(=O)Cc3cccn(C)c3=O)cc2)c1OC. The van der Waals surface area contributed by atoms with E-state index in [1.807, 2.05) is 24.3 Å². The molecule has 2 amide bonds. The first-order valence-corrected chi connectivity index (χ1v) is 11.6. The predicted molar refractivity (Wildman–Crippen MR) is 146 cm³/mol. The van der Waals surface area contributed by atoms with E-state index in [0.717, 1.165) is 11.1 Å². The molecule has 2 aromatic heterocycles. The molecule has 5 N–H and O–H groups in total. The summed E-state index contributed by atoms with van der Waals surface area (Å²) in [6, 6.07) is 17.7. The molecule has 0 aliphatic heterocycles. The molecule has 0 radical (unpaired) electrons. The Morgan fingerprint density at radius 1 is 1.03 bits per heavy atom. The van der Waals surface area contributed by atoms with E-state index >= 15 is 0 Å². The van der Waals surface area contributed by atoms with Crippen LogP contribution in [0.5, 0.6) is 5.75 Å². The topological polar surface area (TPSA) is 153 Å². The number of nitrogens with one attached hydrogen (secondary N) is 3. The van der Waals surface area contributed by atoms with Gasteiger partial charge in [0.15, 0.2) is 5.69 Å². The minimum Gasteiger partial charge on any atom is -0.494 e. The molecule has 0 saturated carbocycles. The van der Waals surface area contributed by atoms with Crippen molar-refractivity contribution < 1.29 is 14.3 Å². The summed E-state index contributed by atoms with van der Waals surface area (Å²) in [7, 11) is 4.69. The van der Waals surface area contributed by atoms with Crippen LogP contribution in [0.25, 0.3) is 11.1 Å².